The van der Waals surface area contributed by atoms with Crippen LogP contribution in [0.3, 0.4) is 0 Å². The second kappa shape index (κ2) is 5.03. The van der Waals surface area contributed by atoms with E-state index in [4.69, 9.17) is 0 Å². The summed E-state index contributed by atoms with van der Waals surface area (Å²) in [6.45, 7) is 3.81. The molecule has 0 saturated heterocycles. The minimum Gasteiger partial charge on any atom is -0.279 e. The van der Waals surface area contributed by atoms with Crippen LogP contribution >= 0.6 is 27.3 Å². The number of hydrogen-bond donors (Lipinski definition) is 1. The minimum absolute atomic E-state index is 0.301. The van der Waals surface area contributed by atoms with Gasteiger partial charge in [-0.25, -0.2) is 8.42 Å². The highest BCUT2D eigenvalue weighted by Crippen LogP contribution is 2.28. The number of hydrogen-bond acceptors (Lipinski definition) is 3. The highest BCUT2D eigenvalue weighted by atomic mass is 79.9. The molecule has 0 aliphatic rings. The molecule has 96 valence electrons. The third kappa shape index (κ3) is 2.93. The van der Waals surface area contributed by atoms with Crippen LogP contribution in [0.5, 0.6) is 0 Å². The lowest BCUT2D eigenvalue weighted by Crippen LogP contribution is -2.12. The average molecular weight is 346 g/mol. The summed E-state index contributed by atoms with van der Waals surface area (Å²) in [5.41, 5.74) is 2.55. The van der Waals surface area contributed by atoms with Crippen LogP contribution < -0.4 is 4.72 Å². The molecule has 0 bridgehead atoms. The number of anilines is 1. The number of benzene rings is 1. The number of sulfonamides is 1. The van der Waals surface area contributed by atoms with Gasteiger partial charge in [0.2, 0.25) is 0 Å². The first-order valence-corrected chi connectivity index (χ1v) is 8.33. The molecule has 2 aromatic rings. The number of rotatable bonds is 3. The van der Waals surface area contributed by atoms with E-state index in [2.05, 4.69) is 20.7 Å². The Kier molecular flexibility index (Phi) is 3.79. The fourth-order valence-electron chi connectivity index (χ4n) is 1.48. The molecule has 0 amide bonds. The first-order valence-electron chi connectivity index (χ1n) is 5.24. The molecular formula is C12H12BrNO2S2. The molecule has 1 aromatic carbocycles. The topological polar surface area (TPSA) is 46.2 Å². The lowest BCUT2D eigenvalue weighted by Gasteiger charge is -2.09. The third-order valence-electron chi connectivity index (χ3n) is 2.45. The second-order valence-electron chi connectivity index (χ2n) is 3.98. The predicted octanol–water partition coefficient (Wildman–Crippen LogP) is 3.93. The van der Waals surface area contributed by atoms with Gasteiger partial charge in [0.05, 0.1) is 9.47 Å². The number of halogens is 1. The zero-order valence-corrected chi connectivity index (χ0v) is 13.1. The number of nitrogens with one attached hydrogen (secondary N) is 1. The molecular weight excluding hydrogens is 334 g/mol. The molecule has 1 N–H and O–H groups in total. The van der Waals surface area contributed by atoms with E-state index < -0.39 is 10.0 Å². The van der Waals surface area contributed by atoms with Gasteiger partial charge in [0, 0.05) is 0 Å². The maximum absolute atomic E-state index is 12.2. The average Bonchev–Trinajstić information content (AvgIpc) is 2.71. The first-order chi connectivity index (χ1) is 8.38. The van der Waals surface area contributed by atoms with Gasteiger partial charge in [-0.3, -0.25) is 4.72 Å². The largest absolute Gasteiger partial charge is 0.279 e. The molecule has 1 aromatic heterocycles. The molecule has 0 atom stereocenters. The van der Waals surface area contributed by atoms with Crippen molar-refractivity contribution in [3.05, 3.63) is 45.2 Å². The van der Waals surface area contributed by atoms with Gasteiger partial charge in [0.25, 0.3) is 10.0 Å². The van der Waals surface area contributed by atoms with Crippen molar-refractivity contribution in [2.45, 2.75) is 18.1 Å². The highest BCUT2D eigenvalue weighted by molar-refractivity contribution is 9.11. The van der Waals surface area contributed by atoms with Gasteiger partial charge in [-0.15, -0.1) is 11.3 Å². The van der Waals surface area contributed by atoms with Crippen molar-refractivity contribution >= 4 is 43.0 Å². The summed E-state index contributed by atoms with van der Waals surface area (Å²) in [6.07, 6.45) is 0. The summed E-state index contributed by atoms with van der Waals surface area (Å²) in [5, 5.41) is 0. The Morgan fingerprint density at radius 3 is 2.50 bits per heavy atom. The van der Waals surface area contributed by atoms with Crippen molar-refractivity contribution in [1.82, 2.24) is 0 Å². The molecule has 0 unspecified atom stereocenters. The summed E-state index contributed by atoms with van der Waals surface area (Å²) in [4.78, 5) is 0. The van der Waals surface area contributed by atoms with Crippen LogP contribution in [0.1, 0.15) is 11.1 Å². The first kappa shape index (κ1) is 13.6. The summed E-state index contributed by atoms with van der Waals surface area (Å²) in [6, 6.07) is 8.99. The fourth-order valence-corrected chi connectivity index (χ4v) is 4.61. The van der Waals surface area contributed by atoms with Gasteiger partial charge in [-0.1, -0.05) is 12.1 Å². The normalized spacial score (nSPS) is 11.5. The molecule has 0 aliphatic heterocycles. The van der Waals surface area contributed by atoms with Gasteiger partial charge < -0.3 is 0 Å². The van der Waals surface area contributed by atoms with E-state index in [1.807, 2.05) is 32.0 Å². The fraction of sp³-hybridized carbons (Fsp3) is 0.167. The SMILES string of the molecule is Cc1ccc(C)c(NS(=O)(=O)c2ccc(Br)s2)c1. The molecule has 2 rings (SSSR count). The summed E-state index contributed by atoms with van der Waals surface area (Å²) >= 11 is 4.45. The van der Waals surface area contributed by atoms with Gasteiger partial charge in [-0.05, 0) is 59.1 Å². The quantitative estimate of drug-likeness (QED) is 0.915. The standard InChI is InChI=1S/C12H12BrNO2S2/c1-8-3-4-9(2)10(7-8)14-18(15,16)12-6-5-11(13)17-12/h3-7,14H,1-2H3. The number of aryl methyl sites for hydroxylation is 2. The summed E-state index contributed by atoms with van der Waals surface area (Å²) in [7, 11) is -3.49. The van der Waals surface area contributed by atoms with Crippen molar-refractivity contribution in [2.24, 2.45) is 0 Å². The van der Waals surface area contributed by atoms with Crippen LogP contribution in [0.25, 0.3) is 0 Å². The smallest absolute Gasteiger partial charge is 0.271 e. The van der Waals surface area contributed by atoms with E-state index in [1.165, 1.54) is 11.3 Å². The molecule has 18 heavy (non-hydrogen) atoms. The highest BCUT2D eigenvalue weighted by Gasteiger charge is 2.17. The van der Waals surface area contributed by atoms with E-state index in [0.29, 0.717) is 9.90 Å². The zero-order valence-electron chi connectivity index (χ0n) is 9.90. The molecule has 0 fully saturated rings. The number of thiophene rings is 1. The van der Waals surface area contributed by atoms with Gasteiger partial charge in [0.1, 0.15) is 4.21 Å². The second-order valence-corrected chi connectivity index (χ2v) is 8.35. The van der Waals surface area contributed by atoms with Crippen LogP contribution in [0.15, 0.2) is 38.3 Å². The Morgan fingerprint density at radius 1 is 1.17 bits per heavy atom. The van der Waals surface area contributed by atoms with E-state index >= 15 is 0 Å². The minimum atomic E-state index is -3.49. The summed E-state index contributed by atoms with van der Waals surface area (Å²) in [5.74, 6) is 0. The van der Waals surface area contributed by atoms with Crippen molar-refractivity contribution in [3.8, 4) is 0 Å². The molecule has 6 heteroatoms. The monoisotopic (exact) mass is 345 g/mol. The van der Waals surface area contributed by atoms with E-state index in [0.717, 1.165) is 14.9 Å². The Morgan fingerprint density at radius 2 is 1.89 bits per heavy atom. The maximum atomic E-state index is 12.2. The van der Waals surface area contributed by atoms with Gasteiger partial charge in [0.15, 0.2) is 0 Å². The van der Waals surface area contributed by atoms with Crippen molar-refractivity contribution in [2.75, 3.05) is 4.72 Å². The molecule has 0 saturated carbocycles. The Hall–Kier alpha value is -0.850. The van der Waals surface area contributed by atoms with Crippen molar-refractivity contribution in [3.63, 3.8) is 0 Å². The Balaban J connectivity index is 2.36. The molecule has 1 heterocycles. The predicted molar refractivity (Wildman–Crippen MR) is 78.7 cm³/mol. The van der Waals surface area contributed by atoms with Crippen molar-refractivity contribution < 1.29 is 8.42 Å². The summed E-state index contributed by atoms with van der Waals surface area (Å²) < 4.78 is 28.0. The van der Waals surface area contributed by atoms with Crippen LogP contribution in [0.4, 0.5) is 5.69 Å². The van der Waals surface area contributed by atoms with Crippen LogP contribution in [0.2, 0.25) is 0 Å². The lowest BCUT2D eigenvalue weighted by atomic mass is 10.1. The van der Waals surface area contributed by atoms with Crippen LogP contribution in [-0.4, -0.2) is 8.42 Å². The van der Waals surface area contributed by atoms with E-state index in [-0.39, 0.29) is 0 Å². The van der Waals surface area contributed by atoms with E-state index in [1.54, 1.807) is 12.1 Å². The molecule has 0 spiro atoms. The van der Waals surface area contributed by atoms with Crippen molar-refractivity contribution in [1.29, 1.82) is 0 Å². The molecule has 3 nitrogen and oxygen atoms in total. The van der Waals surface area contributed by atoms with E-state index in [9.17, 15) is 8.42 Å². The van der Waals surface area contributed by atoms with Gasteiger partial charge >= 0.3 is 0 Å². The third-order valence-corrected chi connectivity index (χ3v) is 5.93. The molecule has 0 aliphatic carbocycles. The lowest BCUT2D eigenvalue weighted by molar-refractivity contribution is 0.603. The Labute approximate surface area is 119 Å². The zero-order chi connectivity index (χ0) is 13.3. The maximum Gasteiger partial charge on any atom is 0.271 e. The van der Waals surface area contributed by atoms with Crippen LogP contribution in [-0.2, 0) is 10.0 Å². The molecule has 0 radical (unpaired) electrons. The van der Waals surface area contributed by atoms with Crippen LogP contribution in [0, 0.1) is 13.8 Å². The van der Waals surface area contributed by atoms with Gasteiger partial charge in [-0.2, -0.15) is 0 Å². The Bertz CT molecular complexity index is 677.